The zero-order chi connectivity index (χ0) is 15.2. The highest BCUT2D eigenvalue weighted by molar-refractivity contribution is 6.30. The van der Waals surface area contributed by atoms with Gasteiger partial charge in [0, 0.05) is 17.3 Å². The Hall–Kier alpha value is -2.20. The molecule has 0 saturated heterocycles. The van der Waals surface area contributed by atoms with Crippen molar-refractivity contribution < 1.29 is 9.53 Å². The highest BCUT2D eigenvalue weighted by atomic mass is 35.5. The number of carbonyl (C=O) groups is 1. The van der Waals surface area contributed by atoms with Crippen LogP contribution in [0.5, 0.6) is 5.75 Å². The first kappa shape index (κ1) is 15.2. The largest absolute Gasteiger partial charge is 0.484 e. The van der Waals surface area contributed by atoms with Crippen LogP contribution in [0.3, 0.4) is 0 Å². The van der Waals surface area contributed by atoms with E-state index >= 15 is 0 Å². The molecule has 1 amide bonds. The van der Waals surface area contributed by atoms with Crippen molar-refractivity contribution in [3.8, 4) is 5.75 Å². The van der Waals surface area contributed by atoms with Crippen LogP contribution in [0.15, 0.2) is 42.5 Å². The van der Waals surface area contributed by atoms with Crippen LogP contribution in [0, 0.1) is 6.92 Å². The number of anilines is 1. The minimum absolute atomic E-state index is 0.114. The van der Waals surface area contributed by atoms with Crippen LogP contribution in [-0.2, 0) is 11.3 Å². The number of primary amides is 1. The van der Waals surface area contributed by atoms with Crippen molar-refractivity contribution >= 4 is 23.2 Å². The number of aryl methyl sites for hydroxylation is 1. The smallest absolute Gasteiger partial charge is 0.255 e. The van der Waals surface area contributed by atoms with Gasteiger partial charge in [-0.1, -0.05) is 17.7 Å². The lowest BCUT2D eigenvalue weighted by Gasteiger charge is -2.10. The Labute approximate surface area is 128 Å². The molecule has 0 bridgehead atoms. The third-order valence-electron chi connectivity index (χ3n) is 3.02. The predicted octanol–water partition coefficient (Wildman–Crippen LogP) is 3.12. The van der Waals surface area contributed by atoms with Crippen molar-refractivity contribution in [2.75, 3.05) is 11.9 Å². The summed E-state index contributed by atoms with van der Waals surface area (Å²) >= 11 is 5.94. The van der Waals surface area contributed by atoms with E-state index in [1.54, 1.807) is 12.1 Å². The van der Waals surface area contributed by atoms with E-state index in [1.807, 2.05) is 37.3 Å². The zero-order valence-electron chi connectivity index (χ0n) is 11.7. The first-order valence-electron chi connectivity index (χ1n) is 6.54. The molecule has 0 aliphatic heterocycles. The van der Waals surface area contributed by atoms with Crippen molar-refractivity contribution in [1.82, 2.24) is 0 Å². The molecule has 2 aromatic carbocycles. The maximum absolute atomic E-state index is 10.6. The van der Waals surface area contributed by atoms with Gasteiger partial charge in [0.15, 0.2) is 6.61 Å². The van der Waals surface area contributed by atoms with E-state index < -0.39 is 5.91 Å². The van der Waals surface area contributed by atoms with Gasteiger partial charge in [0.25, 0.3) is 5.91 Å². The summed E-state index contributed by atoms with van der Waals surface area (Å²) in [5.74, 6) is 0.123. The van der Waals surface area contributed by atoms with Crippen molar-refractivity contribution in [3.63, 3.8) is 0 Å². The maximum atomic E-state index is 10.6. The predicted molar refractivity (Wildman–Crippen MR) is 84.6 cm³/mol. The Morgan fingerprint density at radius 2 is 1.95 bits per heavy atom. The molecule has 0 saturated carbocycles. The number of ether oxygens (including phenoxy) is 1. The standard InChI is InChI=1S/C16H17ClN2O2/c1-11-8-13(17)3-2-12(11)9-19-14-4-6-15(7-5-14)21-10-16(18)20/h2-8,19H,9-10H2,1H3,(H2,18,20). The molecule has 3 N–H and O–H groups in total. The van der Waals surface area contributed by atoms with Crippen LogP contribution >= 0.6 is 11.6 Å². The Morgan fingerprint density at radius 1 is 1.24 bits per heavy atom. The summed E-state index contributed by atoms with van der Waals surface area (Å²) in [5, 5.41) is 4.07. The number of amides is 1. The Morgan fingerprint density at radius 3 is 2.57 bits per heavy atom. The average molecular weight is 305 g/mol. The molecule has 0 aliphatic carbocycles. The lowest BCUT2D eigenvalue weighted by Crippen LogP contribution is -2.19. The third-order valence-corrected chi connectivity index (χ3v) is 3.26. The summed E-state index contributed by atoms with van der Waals surface area (Å²) in [6, 6.07) is 13.2. The molecular formula is C16H17ClN2O2. The van der Waals surface area contributed by atoms with Crippen LogP contribution < -0.4 is 15.8 Å². The molecule has 0 fully saturated rings. The third kappa shape index (κ3) is 4.68. The van der Waals surface area contributed by atoms with Crippen LogP contribution in [0.4, 0.5) is 5.69 Å². The summed E-state index contributed by atoms with van der Waals surface area (Å²) in [5.41, 5.74) is 8.33. The molecule has 0 aromatic heterocycles. The topological polar surface area (TPSA) is 64.3 Å². The molecule has 4 nitrogen and oxygen atoms in total. The molecule has 0 spiro atoms. The summed E-state index contributed by atoms with van der Waals surface area (Å²) in [7, 11) is 0. The van der Waals surface area contributed by atoms with Gasteiger partial charge >= 0.3 is 0 Å². The fraction of sp³-hybridized carbons (Fsp3) is 0.188. The summed E-state index contributed by atoms with van der Waals surface area (Å²) < 4.78 is 5.20. The number of hydrogen-bond acceptors (Lipinski definition) is 3. The van der Waals surface area contributed by atoms with Crippen LogP contribution in [0.25, 0.3) is 0 Å². The second kappa shape index (κ2) is 6.99. The fourth-order valence-electron chi connectivity index (χ4n) is 1.88. The van der Waals surface area contributed by atoms with Crippen molar-refractivity contribution in [2.24, 2.45) is 5.73 Å². The molecule has 0 atom stereocenters. The molecule has 0 radical (unpaired) electrons. The van der Waals surface area contributed by atoms with Crippen LogP contribution in [0.1, 0.15) is 11.1 Å². The summed E-state index contributed by atoms with van der Waals surface area (Å²) in [4.78, 5) is 10.6. The van der Waals surface area contributed by atoms with E-state index in [-0.39, 0.29) is 6.61 Å². The molecule has 2 rings (SSSR count). The summed E-state index contributed by atoms with van der Waals surface area (Å²) in [6.07, 6.45) is 0. The van der Waals surface area contributed by atoms with Crippen molar-refractivity contribution in [3.05, 3.63) is 58.6 Å². The SMILES string of the molecule is Cc1cc(Cl)ccc1CNc1ccc(OCC(N)=O)cc1. The van der Waals surface area contributed by atoms with Gasteiger partial charge in [-0.05, 0) is 54.4 Å². The highest BCUT2D eigenvalue weighted by Crippen LogP contribution is 2.19. The highest BCUT2D eigenvalue weighted by Gasteiger charge is 2.01. The van der Waals surface area contributed by atoms with Crippen molar-refractivity contribution in [2.45, 2.75) is 13.5 Å². The van der Waals surface area contributed by atoms with Gasteiger partial charge in [-0.3, -0.25) is 4.79 Å². The van der Waals surface area contributed by atoms with E-state index in [0.717, 1.165) is 16.3 Å². The number of benzene rings is 2. The lowest BCUT2D eigenvalue weighted by atomic mass is 10.1. The van der Waals surface area contributed by atoms with Gasteiger partial charge in [0.05, 0.1) is 0 Å². The molecule has 21 heavy (non-hydrogen) atoms. The Kier molecular flexibility index (Phi) is 5.06. The zero-order valence-corrected chi connectivity index (χ0v) is 12.5. The van der Waals surface area contributed by atoms with Crippen molar-refractivity contribution in [1.29, 1.82) is 0 Å². The van der Waals surface area contributed by atoms with Gasteiger partial charge in [0.1, 0.15) is 5.75 Å². The second-order valence-electron chi connectivity index (χ2n) is 4.70. The van der Waals surface area contributed by atoms with Gasteiger partial charge in [-0.25, -0.2) is 0 Å². The van der Waals surface area contributed by atoms with Crippen LogP contribution in [0.2, 0.25) is 5.02 Å². The number of nitrogens with two attached hydrogens (primary N) is 1. The van der Waals surface area contributed by atoms with Crippen LogP contribution in [-0.4, -0.2) is 12.5 Å². The minimum Gasteiger partial charge on any atom is -0.484 e. The van der Waals surface area contributed by atoms with E-state index in [1.165, 1.54) is 5.56 Å². The number of carbonyl (C=O) groups excluding carboxylic acids is 1. The van der Waals surface area contributed by atoms with Gasteiger partial charge < -0.3 is 15.8 Å². The minimum atomic E-state index is -0.490. The van der Waals surface area contributed by atoms with Gasteiger partial charge in [0.2, 0.25) is 0 Å². The summed E-state index contributed by atoms with van der Waals surface area (Å²) in [6.45, 7) is 2.63. The quantitative estimate of drug-likeness (QED) is 0.862. The van der Waals surface area contributed by atoms with E-state index in [0.29, 0.717) is 12.3 Å². The molecule has 0 unspecified atom stereocenters. The first-order valence-corrected chi connectivity index (χ1v) is 6.92. The van der Waals surface area contributed by atoms with E-state index in [4.69, 9.17) is 22.1 Å². The number of hydrogen-bond donors (Lipinski definition) is 2. The molecule has 0 heterocycles. The second-order valence-corrected chi connectivity index (χ2v) is 5.14. The molecule has 2 aromatic rings. The number of rotatable bonds is 6. The molecule has 5 heteroatoms. The van der Waals surface area contributed by atoms with E-state index in [2.05, 4.69) is 5.32 Å². The number of halogens is 1. The molecule has 110 valence electrons. The molecule has 0 aliphatic rings. The van der Waals surface area contributed by atoms with Gasteiger partial charge in [-0.2, -0.15) is 0 Å². The maximum Gasteiger partial charge on any atom is 0.255 e. The Balaban J connectivity index is 1.92. The van der Waals surface area contributed by atoms with Gasteiger partial charge in [-0.15, -0.1) is 0 Å². The average Bonchev–Trinajstić information content (AvgIpc) is 2.45. The lowest BCUT2D eigenvalue weighted by molar-refractivity contribution is -0.119. The fourth-order valence-corrected chi connectivity index (χ4v) is 2.11. The first-order chi connectivity index (χ1) is 10.0. The molecular weight excluding hydrogens is 288 g/mol. The monoisotopic (exact) mass is 304 g/mol. The Bertz CT molecular complexity index is 627. The number of nitrogens with one attached hydrogen (secondary N) is 1. The normalized spacial score (nSPS) is 10.2. The van der Waals surface area contributed by atoms with E-state index in [9.17, 15) is 4.79 Å².